The van der Waals surface area contributed by atoms with Gasteiger partial charge in [-0.05, 0) is 73.9 Å². The van der Waals surface area contributed by atoms with Gasteiger partial charge in [0.15, 0.2) is 0 Å². The number of rotatable bonds is 9. The van der Waals surface area contributed by atoms with Gasteiger partial charge in [-0.15, -0.1) is 0 Å². The second-order valence-electron chi connectivity index (χ2n) is 7.74. The molecule has 0 spiro atoms. The number of anilines is 2. The maximum absolute atomic E-state index is 13.0. The molecule has 0 saturated heterocycles. The van der Waals surface area contributed by atoms with E-state index < -0.39 is 12.1 Å². The van der Waals surface area contributed by atoms with Crippen LogP contribution in [0.1, 0.15) is 25.7 Å². The molecule has 0 radical (unpaired) electrons. The summed E-state index contributed by atoms with van der Waals surface area (Å²) in [5.74, 6) is 0.439. The Morgan fingerprint density at radius 3 is 2.06 bits per heavy atom. The Bertz CT molecular complexity index is 831. The summed E-state index contributed by atoms with van der Waals surface area (Å²) in [4.78, 5) is 25.1. The van der Waals surface area contributed by atoms with Crippen LogP contribution in [0.4, 0.5) is 16.2 Å². The number of amides is 1. The summed E-state index contributed by atoms with van der Waals surface area (Å²) in [7, 11) is 1.60. The summed E-state index contributed by atoms with van der Waals surface area (Å²) in [6, 6.07) is 16.7. The van der Waals surface area contributed by atoms with Gasteiger partial charge in [-0.2, -0.15) is 0 Å². The predicted molar refractivity (Wildman–Crippen MR) is 117 cm³/mol. The molecule has 7 heteroatoms. The molecule has 1 aliphatic rings. The van der Waals surface area contributed by atoms with Gasteiger partial charge in [0.2, 0.25) is 0 Å². The van der Waals surface area contributed by atoms with E-state index in [0.717, 1.165) is 31.4 Å². The molecule has 0 bridgehead atoms. The Balaban J connectivity index is 1.56. The second-order valence-corrected chi connectivity index (χ2v) is 7.74. The van der Waals surface area contributed by atoms with Crippen LogP contribution in [0.3, 0.4) is 0 Å². The summed E-state index contributed by atoms with van der Waals surface area (Å²) < 4.78 is 16.1. The number of carbonyl (C=O) groups excluding carboxylic acids is 1. The molecule has 0 atom stereocenters. The molecular formula is C24H29NO6. The van der Waals surface area contributed by atoms with E-state index in [1.54, 1.807) is 12.0 Å². The van der Waals surface area contributed by atoms with Gasteiger partial charge >= 0.3 is 12.1 Å². The monoisotopic (exact) mass is 427 g/mol. The van der Waals surface area contributed by atoms with Crippen molar-refractivity contribution in [2.45, 2.75) is 25.7 Å². The number of ether oxygens (including phenoxy) is 3. The van der Waals surface area contributed by atoms with Gasteiger partial charge in [0.1, 0.15) is 12.4 Å². The molecule has 7 nitrogen and oxygen atoms in total. The van der Waals surface area contributed by atoms with Crippen LogP contribution in [0.15, 0.2) is 54.6 Å². The Labute approximate surface area is 182 Å². The Kier molecular flexibility index (Phi) is 8.29. The lowest BCUT2D eigenvalue weighted by Crippen LogP contribution is -2.30. The molecule has 0 unspecified atom stereocenters. The van der Waals surface area contributed by atoms with Crippen LogP contribution < -0.4 is 9.64 Å². The first-order chi connectivity index (χ1) is 15.1. The third kappa shape index (κ3) is 6.72. The van der Waals surface area contributed by atoms with E-state index in [4.69, 9.17) is 19.3 Å². The van der Waals surface area contributed by atoms with Crippen molar-refractivity contribution in [3.63, 3.8) is 0 Å². The molecule has 2 aromatic carbocycles. The van der Waals surface area contributed by atoms with Gasteiger partial charge in [0, 0.05) is 0 Å². The molecule has 3 rings (SSSR count). The third-order valence-corrected chi connectivity index (χ3v) is 5.52. The maximum atomic E-state index is 13.0. The highest BCUT2D eigenvalue weighted by Crippen LogP contribution is 2.31. The topological polar surface area (TPSA) is 85.3 Å². The van der Waals surface area contributed by atoms with Crippen LogP contribution >= 0.6 is 0 Å². The molecule has 0 aromatic heterocycles. The average molecular weight is 427 g/mol. The van der Waals surface area contributed by atoms with Crippen molar-refractivity contribution in [3.8, 4) is 5.75 Å². The van der Waals surface area contributed by atoms with Crippen LogP contribution in [0.2, 0.25) is 0 Å². The molecule has 2 aromatic rings. The number of aliphatic carboxylic acids is 1. The van der Waals surface area contributed by atoms with E-state index >= 15 is 0 Å². The second kappa shape index (κ2) is 11.4. The van der Waals surface area contributed by atoms with Crippen molar-refractivity contribution in [2.24, 2.45) is 11.8 Å². The van der Waals surface area contributed by atoms with E-state index in [9.17, 15) is 9.59 Å². The number of carbonyl (C=O) groups is 2. The maximum Gasteiger partial charge on any atom is 0.418 e. The number of para-hydroxylation sites is 1. The first-order valence-corrected chi connectivity index (χ1v) is 10.5. The first-order valence-electron chi connectivity index (χ1n) is 10.5. The van der Waals surface area contributed by atoms with Crippen molar-refractivity contribution in [3.05, 3.63) is 54.6 Å². The lowest BCUT2D eigenvalue weighted by Gasteiger charge is -2.29. The minimum Gasteiger partial charge on any atom is -0.497 e. The van der Waals surface area contributed by atoms with Crippen LogP contribution in [-0.4, -0.2) is 44.1 Å². The van der Waals surface area contributed by atoms with Gasteiger partial charge in [-0.3, -0.25) is 0 Å². The van der Waals surface area contributed by atoms with E-state index in [2.05, 4.69) is 0 Å². The molecule has 31 heavy (non-hydrogen) atoms. The lowest BCUT2D eigenvalue weighted by molar-refractivity contribution is -0.142. The first kappa shape index (κ1) is 22.6. The predicted octanol–water partition coefficient (Wildman–Crippen LogP) is 4.88. The zero-order valence-corrected chi connectivity index (χ0v) is 17.7. The summed E-state index contributed by atoms with van der Waals surface area (Å²) in [6.07, 6.45) is 3.35. The highest BCUT2D eigenvalue weighted by molar-refractivity contribution is 5.96. The average Bonchev–Trinajstić information content (AvgIpc) is 2.80. The van der Waals surface area contributed by atoms with Crippen molar-refractivity contribution in [1.29, 1.82) is 0 Å². The molecule has 1 saturated carbocycles. The van der Waals surface area contributed by atoms with Crippen molar-refractivity contribution < 1.29 is 28.9 Å². The summed E-state index contributed by atoms with van der Waals surface area (Å²) in [5, 5.41) is 8.66. The highest BCUT2D eigenvalue weighted by Gasteiger charge is 2.25. The van der Waals surface area contributed by atoms with E-state index in [1.807, 2.05) is 54.6 Å². The van der Waals surface area contributed by atoms with E-state index in [0.29, 0.717) is 36.5 Å². The highest BCUT2D eigenvalue weighted by atomic mass is 16.6. The Hall–Kier alpha value is -3.06. The molecule has 1 aliphatic carbocycles. The zero-order chi connectivity index (χ0) is 22.1. The number of nitrogens with zero attached hydrogens (tertiary/aromatic N) is 1. The smallest absolute Gasteiger partial charge is 0.418 e. The fraction of sp³-hybridized carbons (Fsp3) is 0.417. The van der Waals surface area contributed by atoms with Crippen molar-refractivity contribution >= 4 is 23.4 Å². The summed E-state index contributed by atoms with van der Waals surface area (Å²) in [5.41, 5.74) is 1.44. The molecule has 0 aliphatic heterocycles. The van der Waals surface area contributed by atoms with Gasteiger partial charge in [-0.25, -0.2) is 14.5 Å². The Morgan fingerprint density at radius 2 is 1.48 bits per heavy atom. The number of hydrogen-bond donors (Lipinski definition) is 1. The molecule has 1 amide bonds. The van der Waals surface area contributed by atoms with Crippen LogP contribution in [-0.2, 0) is 14.3 Å². The number of benzene rings is 2. The largest absolute Gasteiger partial charge is 0.497 e. The molecule has 0 heterocycles. The van der Waals surface area contributed by atoms with Crippen molar-refractivity contribution in [2.75, 3.05) is 31.8 Å². The Morgan fingerprint density at radius 1 is 0.903 bits per heavy atom. The SMILES string of the molecule is COc1ccc(N(C(=O)OC[C@H]2CC[C@H](COCC(=O)O)CC2)c2ccccc2)cc1. The van der Waals surface area contributed by atoms with E-state index in [1.165, 1.54) is 0 Å². The number of methoxy groups -OCH3 is 1. The quantitative estimate of drug-likeness (QED) is 0.614. The summed E-state index contributed by atoms with van der Waals surface area (Å²) >= 11 is 0. The normalized spacial score (nSPS) is 18.2. The van der Waals surface area contributed by atoms with Gasteiger partial charge < -0.3 is 19.3 Å². The molecular weight excluding hydrogens is 398 g/mol. The lowest BCUT2D eigenvalue weighted by atomic mass is 9.83. The van der Waals surface area contributed by atoms with E-state index in [-0.39, 0.29) is 6.61 Å². The number of hydrogen-bond acceptors (Lipinski definition) is 5. The molecule has 1 N–H and O–H groups in total. The van der Waals surface area contributed by atoms with Crippen LogP contribution in [0.5, 0.6) is 5.75 Å². The van der Waals surface area contributed by atoms with Crippen LogP contribution in [0, 0.1) is 11.8 Å². The zero-order valence-electron chi connectivity index (χ0n) is 17.7. The standard InChI is InChI=1S/C24H29NO6/c1-29-22-13-11-21(12-14-22)25(20-5-3-2-4-6-20)24(28)31-16-19-9-7-18(8-10-19)15-30-17-23(26)27/h2-6,11-14,18-19H,7-10,15-17H2,1H3,(H,26,27)/t18-,19-. The summed E-state index contributed by atoms with van der Waals surface area (Å²) in [6.45, 7) is 0.581. The van der Waals surface area contributed by atoms with Crippen LogP contribution in [0.25, 0.3) is 0 Å². The van der Waals surface area contributed by atoms with Gasteiger partial charge in [-0.1, -0.05) is 18.2 Å². The number of carboxylic acids is 1. The molecule has 166 valence electrons. The minimum atomic E-state index is -0.944. The van der Waals surface area contributed by atoms with Gasteiger partial charge in [0.05, 0.1) is 31.7 Å². The fourth-order valence-electron chi connectivity index (χ4n) is 3.80. The fourth-order valence-corrected chi connectivity index (χ4v) is 3.80. The third-order valence-electron chi connectivity index (χ3n) is 5.52. The number of carboxylic acid groups (broad SMARTS) is 1. The van der Waals surface area contributed by atoms with Crippen molar-refractivity contribution in [1.82, 2.24) is 0 Å². The van der Waals surface area contributed by atoms with Gasteiger partial charge in [0.25, 0.3) is 0 Å². The minimum absolute atomic E-state index is 0.252. The molecule has 1 fully saturated rings.